The summed E-state index contributed by atoms with van der Waals surface area (Å²) in [6.45, 7) is 5.66. The molecule has 21 heavy (non-hydrogen) atoms. The molecule has 0 saturated carbocycles. The van der Waals surface area contributed by atoms with E-state index >= 15 is 0 Å². The summed E-state index contributed by atoms with van der Waals surface area (Å²) in [7, 11) is -1.06. The van der Waals surface area contributed by atoms with Crippen molar-refractivity contribution >= 4 is 9.84 Å². The summed E-state index contributed by atoms with van der Waals surface area (Å²) in [5.74, 6) is 1.39. The summed E-state index contributed by atoms with van der Waals surface area (Å²) in [5, 5.41) is 10.0. The lowest BCUT2D eigenvalue weighted by molar-refractivity contribution is 0.0733. The number of sulfone groups is 1. The van der Waals surface area contributed by atoms with Gasteiger partial charge in [0.15, 0.2) is 9.84 Å². The first-order valence-electron chi connectivity index (χ1n) is 7.45. The molecule has 1 aromatic rings. The fraction of sp³-hybridized carbons (Fsp3) is 0.786. The third-order valence-corrected chi connectivity index (χ3v) is 6.30. The molecule has 0 bridgehead atoms. The Kier molecular flexibility index (Phi) is 3.62. The molecule has 1 fully saturated rings. The minimum Gasteiger partial charge on any atom is -0.390 e. The maximum absolute atomic E-state index is 11.7. The number of aliphatic hydroxyl groups is 1. The van der Waals surface area contributed by atoms with E-state index in [1.54, 1.807) is 0 Å². The van der Waals surface area contributed by atoms with Crippen molar-refractivity contribution in [2.75, 3.05) is 18.1 Å². The van der Waals surface area contributed by atoms with E-state index in [9.17, 15) is 13.5 Å². The Balaban J connectivity index is 1.84. The Labute approximate surface area is 125 Å². The summed E-state index contributed by atoms with van der Waals surface area (Å²) in [6.07, 6.45) is 0.0827. The molecule has 1 N–H and O–H groups in total. The minimum atomic E-state index is -3.11. The number of fused-ring (bicyclic) bond motifs is 1. The van der Waals surface area contributed by atoms with Crippen LogP contribution in [0.15, 0.2) is 0 Å². The molecule has 118 valence electrons. The van der Waals surface area contributed by atoms with Gasteiger partial charge in [0, 0.05) is 38.2 Å². The van der Waals surface area contributed by atoms with E-state index < -0.39 is 15.9 Å². The second-order valence-electron chi connectivity index (χ2n) is 6.51. The van der Waals surface area contributed by atoms with Gasteiger partial charge in [-0.05, 0) is 0 Å². The van der Waals surface area contributed by atoms with Crippen molar-refractivity contribution in [3.05, 3.63) is 17.2 Å². The largest absolute Gasteiger partial charge is 0.390 e. The Morgan fingerprint density at radius 3 is 2.62 bits per heavy atom. The maximum atomic E-state index is 11.7. The molecule has 0 aliphatic carbocycles. The van der Waals surface area contributed by atoms with E-state index in [1.165, 1.54) is 5.69 Å². The van der Waals surface area contributed by atoms with Crippen molar-refractivity contribution in [3.8, 4) is 0 Å². The molecule has 2 aliphatic heterocycles. The second kappa shape index (κ2) is 5.07. The molecule has 1 aromatic heterocycles. The lowest BCUT2D eigenvalue weighted by Gasteiger charge is -2.32. The zero-order valence-corrected chi connectivity index (χ0v) is 13.6. The molecule has 3 rings (SSSR count). The predicted octanol–water partition coefficient (Wildman–Crippen LogP) is 0.0595. The number of aliphatic hydroxyl groups excluding tert-OH is 1. The van der Waals surface area contributed by atoms with Crippen molar-refractivity contribution < 1.29 is 13.5 Å². The molecule has 0 radical (unpaired) electrons. The zero-order chi connectivity index (χ0) is 15.4. The Morgan fingerprint density at radius 1 is 1.33 bits per heavy atom. The molecular formula is C14H23N3O3S. The first-order chi connectivity index (χ1) is 9.78. The molecule has 0 amide bonds. The fourth-order valence-corrected chi connectivity index (χ4v) is 5.36. The van der Waals surface area contributed by atoms with Crippen LogP contribution in [-0.2, 0) is 29.9 Å². The highest BCUT2D eigenvalue weighted by molar-refractivity contribution is 7.91. The first kappa shape index (κ1) is 15.0. The third-order valence-electron chi connectivity index (χ3n) is 4.60. The molecule has 2 atom stereocenters. The van der Waals surface area contributed by atoms with Crippen molar-refractivity contribution in [3.63, 3.8) is 0 Å². The van der Waals surface area contributed by atoms with Gasteiger partial charge < -0.3 is 9.67 Å². The van der Waals surface area contributed by atoms with E-state index in [1.807, 2.05) is 7.05 Å². The predicted molar refractivity (Wildman–Crippen MR) is 79.9 cm³/mol. The standard InChI is InChI=1S/C14H23N3O3S/c1-9(2)14-15-10-6-17(5-4-11(10)16(14)3)12-7-21(19,20)8-13(12)18/h9,12-13,18H,4-8H2,1-3H3/t12-,13+/m1/s1. The van der Waals surface area contributed by atoms with Gasteiger partial charge in [0.05, 0.1) is 29.3 Å². The van der Waals surface area contributed by atoms with Crippen LogP contribution in [-0.4, -0.2) is 58.2 Å². The number of rotatable bonds is 2. The molecular weight excluding hydrogens is 290 g/mol. The van der Waals surface area contributed by atoms with Crippen molar-refractivity contribution in [1.82, 2.24) is 14.5 Å². The Bertz CT molecular complexity index is 651. The van der Waals surface area contributed by atoms with Crippen LogP contribution in [0, 0.1) is 0 Å². The van der Waals surface area contributed by atoms with Gasteiger partial charge in [0.25, 0.3) is 0 Å². The van der Waals surface area contributed by atoms with E-state index in [2.05, 4.69) is 23.3 Å². The molecule has 0 unspecified atom stereocenters. The number of hydrogen-bond donors (Lipinski definition) is 1. The molecule has 2 aliphatic rings. The lowest BCUT2D eigenvalue weighted by Crippen LogP contribution is -2.45. The summed E-state index contributed by atoms with van der Waals surface area (Å²) in [5.41, 5.74) is 2.27. The topological polar surface area (TPSA) is 75.4 Å². The van der Waals surface area contributed by atoms with Gasteiger partial charge in [-0.1, -0.05) is 13.8 Å². The smallest absolute Gasteiger partial charge is 0.154 e. The molecule has 0 aromatic carbocycles. The summed E-state index contributed by atoms with van der Waals surface area (Å²) in [6, 6.07) is -0.285. The number of imidazole rings is 1. The van der Waals surface area contributed by atoms with Gasteiger partial charge in [-0.2, -0.15) is 0 Å². The van der Waals surface area contributed by atoms with E-state index in [0.717, 1.165) is 24.5 Å². The lowest BCUT2D eigenvalue weighted by atomic mass is 10.1. The highest BCUT2D eigenvalue weighted by Crippen LogP contribution is 2.27. The third kappa shape index (κ3) is 2.62. The molecule has 7 heteroatoms. The number of nitrogens with zero attached hydrogens (tertiary/aromatic N) is 3. The van der Waals surface area contributed by atoms with Crippen LogP contribution in [0.4, 0.5) is 0 Å². The average Bonchev–Trinajstić information content (AvgIpc) is 2.86. The number of aromatic nitrogens is 2. The van der Waals surface area contributed by atoms with Crippen LogP contribution >= 0.6 is 0 Å². The Hall–Kier alpha value is -0.920. The van der Waals surface area contributed by atoms with Crippen LogP contribution in [0.3, 0.4) is 0 Å². The van der Waals surface area contributed by atoms with Crippen LogP contribution in [0.5, 0.6) is 0 Å². The SMILES string of the molecule is CC(C)c1nc2c(n1C)CCN([C@@H]1CS(=O)(=O)C[C@@H]1O)C2. The molecule has 1 saturated heterocycles. The van der Waals surface area contributed by atoms with Crippen LogP contribution in [0.1, 0.15) is 37.0 Å². The van der Waals surface area contributed by atoms with E-state index in [-0.39, 0.29) is 17.5 Å². The normalized spacial score (nSPS) is 29.0. The average molecular weight is 313 g/mol. The maximum Gasteiger partial charge on any atom is 0.154 e. The zero-order valence-electron chi connectivity index (χ0n) is 12.8. The summed E-state index contributed by atoms with van der Waals surface area (Å²) in [4.78, 5) is 6.80. The second-order valence-corrected chi connectivity index (χ2v) is 8.66. The van der Waals surface area contributed by atoms with Gasteiger partial charge in [0.1, 0.15) is 5.82 Å². The van der Waals surface area contributed by atoms with Crippen LogP contribution in [0.25, 0.3) is 0 Å². The van der Waals surface area contributed by atoms with Gasteiger partial charge >= 0.3 is 0 Å². The van der Waals surface area contributed by atoms with E-state index in [0.29, 0.717) is 12.5 Å². The van der Waals surface area contributed by atoms with Gasteiger partial charge in [-0.25, -0.2) is 13.4 Å². The van der Waals surface area contributed by atoms with Crippen LogP contribution in [0.2, 0.25) is 0 Å². The van der Waals surface area contributed by atoms with Crippen molar-refractivity contribution in [2.24, 2.45) is 7.05 Å². The fourth-order valence-electron chi connectivity index (χ4n) is 3.53. The number of hydrogen-bond acceptors (Lipinski definition) is 5. The molecule has 0 spiro atoms. The monoisotopic (exact) mass is 313 g/mol. The summed E-state index contributed by atoms with van der Waals surface area (Å²) >= 11 is 0. The van der Waals surface area contributed by atoms with Crippen molar-refractivity contribution in [1.29, 1.82) is 0 Å². The first-order valence-corrected chi connectivity index (χ1v) is 9.27. The van der Waals surface area contributed by atoms with Crippen LogP contribution < -0.4 is 0 Å². The Morgan fingerprint density at radius 2 is 2.05 bits per heavy atom. The van der Waals surface area contributed by atoms with Crippen molar-refractivity contribution in [2.45, 2.75) is 44.9 Å². The highest BCUT2D eigenvalue weighted by Gasteiger charge is 2.41. The van der Waals surface area contributed by atoms with Gasteiger partial charge in [-0.15, -0.1) is 0 Å². The minimum absolute atomic E-state index is 0.0629. The van der Waals surface area contributed by atoms with E-state index in [4.69, 9.17) is 4.98 Å². The highest BCUT2D eigenvalue weighted by atomic mass is 32.2. The van der Waals surface area contributed by atoms with Gasteiger partial charge in [-0.3, -0.25) is 4.90 Å². The molecule has 3 heterocycles. The summed E-state index contributed by atoms with van der Waals surface area (Å²) < 4.78 is 25.5. The molecule has 6 nitrogen and oxygen atoms in total. The van der Waals surface area contributed by atoms with Gasteiger partial charge in [0.2, 0.25) is 0 Å². The quantitative estimate of drug-likeness (QED) is 0.835.